The zero-order valence-corrected chi connectivity index (χ0v) is 12.1. The Morgan fingerprint density at radius 2 is 1.82 bits per heavy atom. The van der Waals surface area contributed by atoms with E-state index in [1.807, 2.05) is 0 Å². The van der Waals surface area contributed by atoms with Gasteiger partial charge >= 0.3 is 0 Å². The van der Waals surface area contributed by atoms with Crippen molar-refractivity contribution in [2.24, 2.45) is 11.3 Å². The molecule has 0 saturated heterocycles. The lowest BCUT2D eigenvalue weighted by Gasteiger charge is -2.28. The Morgan fingerprint density at radius 3 is 2.29 bits per heavy atom. The van der Waals surface area contributed by atoms with E-state index >= 15 is 0 Å². The van der Waals surface area contributed by atoms with E-state index in [-0.39, 0.29) is 5.41 Å². The Labute approximate surface area is 107 Å². The largest absolute Gasteiger partial charge is 0.299 e. The monoisotopic (exact) mass is 238 g/mol. The van der Waals surface area contributed by atoms with Gasteiger partial charge in [-0.05, 0) is 25.2 Å². The normalized spacial score (nSPS) is 20.4. The minimum atomic E-state index is 0.0830. The highest BCUT2D eigenvalue weighted by atomic mass is 16.1. The summed E-state index contributed by atoms with van der Waals surface area (Å²) in [6.45, 7) is 6.68. The molecule has 1 aliphatic carbocycles. The van der Waals surface area contributed by atoms with Crippen molar-refractivity contribution in [2.75, 3.05) is 0 Å². The molecule has 1 unspecified atom stereocenters. The van der Waals surface area contributed by atoms with Crippen LogP contribution in [0.3, 0.4) is 0 Å². The van der Waals surface area contributed by atoms with Crippen LogP contribution in [-0.2, 0) is 4.79 Å². The van der Waals surface area contributed by atoms with Crippen molar-refractivity contribution < 1.29 is 4.79 Å². The van der Waals surface area contributed by atoms with Crippen LogP contribution in [0.2, 0.25) is 0 Å². The molecule has 0 heterocycles. The average Bonchev–Trinajstić information content (AvgIpc) is 2.84. The Kier molecular flexibility index (Phi) is 6.22. The molecule has 100 valence electrons. The Morgan fingerprint density at radius 1 is 1.18 bits per heavy atom. The second kappa shape index (κ2) is 7.18. The summed E-state index contributed by atoms with van der Waals surface area (Å²) in [5, 5.41) is 0. The molecule has 1 saturated carbocycles. The van der Waals surface area contributed by atoms with Crippen LogP contribution >= 0.6 is 0 Å². The molecule has 1 rings (SSSR count). The Bertz CT molecular complexity index is 226. The highest BCUT2D eigenvalue weighted by Crippen LogP contribution is 2.43. The third-order valence-electron chi connectivity index (χ3n) is 4.85. The van der Waals surface area contributed by atoms with Gasteiger partial charge in [-0.3, -0.25) is 4.79 Å². The first-order chi connectivity index (χ1) is 8.18. The maximum atomic E-state index is 12.5. The Hall–Kier alpha value is -0.330. The second-order valence-electron chi connectivity index (χ2n) is 5.88. The third kappa shape index (κ3) is 3.82. The van der Waals surface area contributed by atoms with Gasteiger partial charge in [0.1, 0.15) is 5.78 Å². The fraction of sp³-hybridized carbons (Fsp3) is 0.938. The van der Waals surface area contributed by atoms with Crippen molar-refractivity contribution in [3.63, 3.8) is 0 Å². The Balaban J connectivity index is 2.50. The summed E-state index contributed by atoms with van der Waals surface area (Å²) >= 11 is 0. The molecule has 0 aromatic heterocycles. The predicted molar refractivity (Wildman–Crippen MR) is 74.1 cm³/mol. The molecule has 1 fully saturated rings. The zero-order valence-electron chi connectivity index (χ0n) is 12.1. The number of rotatable bonds is 8. The molecule has 0 amide bonds. The van der Waals surface area contributed by atoms with Crippen LogP contribution in [0.25, 0.3) is 0 Å². The average molecular weight is 238 g/mol. The number of unbranched alkanes of at least 4 members (excludes halogenated alkanes) is 1. The van der Waals surface area contributed by atoms with E-state index in [1.54, 1.807) is 0 Å². The molecule has 0 aromatic carbocycles. The molecule has 1 atom stereocenters. The number of hydrogen-bond acceptors (Lipinski definition) is 1. The van der Waals surface area contributed by atoms with Crippen molar-refractivity contribution in [1.29, 1.82) is 0 Å². The summed E-state index contributed by atoms with van der Waals surface area (Å²) in [5.74, 6) is 1.23. The predicted octanol–water partition coefficient (Wildman–Crippen LogP) is 5.13. The van der Waals surface area contributed by atoms with E-state index in [0.717, 1.165) is 25.7 Å². The fourth-order valence-electron chi connectivity index (χ4n) is 3.30. The van der Waals surface area contributed by atoms with Gasteiger partial charge in [0, 0.05) is 11.8 Å². The first-order valence-corrected chi connectivity index (χ1v) is 7.71. The maximum Gasteiger partial charge on any atom is 0.139 e. The minimum absolute atomic E-state index is 0.0830. The van der Waals surface area contributed by atoms with E-state index in [2.05, 4.69) is 20.8 Å². The van der Waals surface area contributed by atoms with Crippen molar-refractivity contribution in [3.8, 4) is 0 Å². The van der Waals surface area contributed by atoms with Crippen LogP contribution in [0, 0.1) is 11.3 Å². The van der Waals surface area contributed by atoms with E-state index in [0.29, 0.717) is 11.7 Å². The lowest BCUT2D eigenvalue weighted by Crippen LogP contribution is -2.29. The zero-order chi connectivity index (χ0) is 12.7. The summed E-state index contributed by atoms with van der Waals surface area (Å²) in [5.41, 5.74) is 0.0830. The van der Waals surface area contributed by atoms with Gasteiger partial charge in [0.15, 0.2) is 0 Å². The molecule has 1 heteroatoms. The first-order valence-electron chi connectivity index (χ1n) is 7.71. The van der Waals surface area contributed by atoms with Crippen molar-refractivity contribution in [2.45, 2.75) is 85.0 Å². The number of Topliss-reactive ketones (excluding diaryl/α,β-unsaturated/α-hetero) is 1. The summed E-state index contributed by atoms with van der Waals surface area (Å²) < 4.78 is 0. The number of carbonyl (C=O) groups is 1. The standard InChI is InChI=1S/C16H30O/c1-4-7-10-14(5-2)13-15(17)16(6-3)11-8-9-12-16/h14H,4-13H2,1-3H3. The molecular weight excluding hydrogens is 208 g/mol. The van der Waals surface area contributed by atoms with Gasteiger partial charge in [-0.2, -0.15) is 0 Å². The quantitative estimate of drug-likeness (QED) is 0.572. The van der Waals surface area contributed by atoms with Crippen molar-refractivity contribution >= 4 is 5.78 Å². The molecule has 17 heavy (non-hydrogen) atoms. The molecule has 0 radical (unpaired) electrons. The van der Waals surface area contributed by atoms with Gasteiger partial charge in [0.25, 0.3) is 0 Å². The van der Waals surface area contributed by atoms with E-state index in [1.165, 1.54) is 38.5 Å². The molecule has 0 spiro atoms. The number of carbonyl (C=O) groups excluding carboxylic acids is 1. The summed E-state index contributed by atoms with van der Waals surface area (Å²) in [4.78, 5) is 12.5. The summed E-state index contributed by atoms with van der Waals surface area (Å²) in [7, 11) is 0. The van der Waals surface area contributed by atoms with Crippen LogP contribution in [-0.4, -0.2) is 5.78 Å². The summed E-state index contributed by atoms with van der Waals surface area (Å²) in [6, 6.07) is 0. The lowest BCUT2D eigenvalue weighted by molar-refractivity contribution is -0.129. The second-order valence-corrected chi connectivity index (χ2v) is 5.88. The van der Waals surface area contributed by atoms with Gasteiger partial charge < -0.3 is 0 Å². The number of hydrogen-bond donors (Lipinski definition) is 0. The summed E-state index contributed by atoms with van der Waals surface area (Å²) in [6.07, 6.45) is 11.7. The maximum absolute atomic E-state index is 12.5. The molecule has 1 aliphatic rings. The SMILES string of the molecule is CCCCC(CC)CC(=O)C1(CC)CCCC1. The molecule has 0 bridgehead atoms. The highest BCUT2D eigenvalue weighted by molar-refractivity contribution is 5.85. The highest BCUT2D eigenvalue weighted by Gasteiger charge is 2.39. The molecule has 0 aliphatic heterocycles. The van der Waals surface area contributed by atoms with Crippen LogP contribution in [0.5, 0.6) is 0 Å². The van der Waals surface area contributed by atoms with Gasteiger partial charge in [0.2, 0.25) is 0 Å². The van der Waals surface area contributed by atoms with Crippen molar-refractivity contribution in [3.05, 3.63) is 0 Å². The van der Waals surface area contributed by atoms with Crippen LogP contribution in [0.1, 0.15) is 85.0 Å². The van der Waals surface area contributed by atoms with Gasteiger partial charge in [-0.15, -0.1) is 0 Å². The van der Waals surface area contributed by atoms with Gasteiger partial charge in [-0.25, -0.2) is 0 Å². The first kappa shape index (κ1) is 14.7. The fourth-order valence-corrected chi connectivity index (χ4v) is 3.30. The van der Waals surface area contributed by atoms with E-state index in [9.17, 15) is 4.79 Å². The minimum Gasteiger partial charge on any atom is -0.299 e. The number of ketones is 1. The van der Waals surface area contributed by atoms with E-state index in [4.69, 9.17) is 0 Å². The van der Waals surface area contributed by atoms with Crippen LogP contribution in [0.15, 0.2) is 0 Å². The third-order valence-corrected chi connectivity index (χ3v) is 4.85. The van der Waals surface area contributed by atoms with Gasteiger partial charge in [-0.1, -0.05) is 59.3 Å². The van der Waals surface area contributed by atoms with Gasteiger partial charge in [0.05, 0.1) is 0 Å². The molecule has 0 aromatic rings. The van der Waals surface area contributed by atoms with Crippen LogP contribution in [0.4, 0.5) is 0 Å². The van der Waals surface area contributed by atoms with E-state index < -0.39 is 0 Å². The lowest BCUT2D eigenvalue weighted by atomic mass is 9.75. The molecule has 1 nitrogen and oxygen atoms in total. The molecular formula is C16H30O. The molecule has 0 N–H and O–H groups in total. The van der Waals surface area contributed by atoms with Crippen LogP contribution < -0.4 is 0 Å². The van der Waals surface area contributed by atoms with Crippen molar-refractivity contribution in [1.82, 2.24) is 0 Å². The topological polar surface area (TPSA) is 17.1 Å². The smallest absolute Gasteiger partial charge is 0.139 e.